The number of benzene rings is 1. The van der Waals surface area contributed by atoms with E-state index in [1.807, 2.05) is 20.8 Å². The maximum atomic E-state index is 12.6. The lowest BCUT2D eigenvalue weighted by molar-refractivity contribution is 0.0740. The lowest BCUT2D eigenvalue weighted by Crippen LogP contribution is -2.39. The van der Waals surface area contributed by atoms with Crippen LogP contribution in [0, 0.1) is 5.41 Å². The third-order valence-corrected chi connectivity index (χ3v) is 3.77. The highest BCUT2D eigenvalue weighted by molar-refractivity contribution is 6.32. The van der Waals surface area contributed by atoms with Crippen LogP contribution >= 0.6 is 24.0 Å². The maximum Gasteiger partial charge on any atom is 0.253 e. The number of halogens is 2. The van der Waals surface area contributed by atoms with E-state index in [0.29, 0.717) is 41.8 Å². The minimum Gasteiger partial charge on any atom is -0.493 e. The van der Waals surface area contributed by atoms with E-state index in [-0.39, 0.29) is 23.7 Å². The molecule has 0 atom stereocenters. The van der Waals surface area contributed by atoms with Crippen LogP contribution in [0.15, 0.2) is 12.1 Å². The smallest absolute Gasteiger partial charge is 0.253 e. The summed E-state index contributed by atoms with van der Waals surface area (Å²) >= 11 is 6.26. The van der Waals surface area contributed by atoms with Gasteiger partial charge in [-0.15, -0.1) is 12.4 Å². The number of carbonyl (C=O) groups is 1. The van der Waals surface area contributed by atoms with Crippen LogP contribution in [0.25, 0.3) is 0 Å². The van der Waals surface area contributed by atoms with E-state index in [1.54, 1.807) is 24.1 Å². The number of amides is 1. The van der Waals surface area contributed by atoms with Crippen molar-refractivity contribution in [2.24, 2.45) is 11.1 Å². The molecule has 138 valence electrons. The Hall–Kier alpha value is -1.17. The average molecular weight is 379 g/mol. The zero-order valence-corrected chi connectivity index (χ0v) is 16.6. The highest BCUT2D eigenvalue weighted by Crippen LogP contribution is 2.37. The third-order valence-electron chi connectivity index (χ3n) is 3.49. The Morgan fingerprint density at radius 1 is 1.38 bits per heavy atom. The van der Waals surface area contributed by atoms with Crippen LogP contribution in [0.3, 0.4) is 0 Å². The molecule has 0 unspecified atom stereocenters. The number of hydrogen-bond donors (Lipinski definition) is 1. The summed E-state index contributed by atoms with van der Waals surface area (Å²) in [6.45, 7) is 7.63. The van der Waals surface area contributed by atoms with Crippen LogP contribution in [-0.4, -0.2) is 44.7 Å². The Balaban J connectivity index is 0.00000529. The highest BCUT2D eigenvalue weighted by atomic mass is 35.5. The lowest BCUT2D eigenvalue weighted by Gasteiger charge is -2.29. The van der Waals surface area contributed by atoms with Crippen molar-refractivity contribution in [3.8, 4) is 11.5 Å². The van der Waals surface area contributed by atoms with Crippen molar-refractivity contribution in [3.05, 3.63) is 22.7 Å². The zero-order chi connectivity index (χ0) is 17.6. The van der Waals surface area contributed by atoms with Crippen LogP contribution in [-0.2, 0) is 0 Å². The largest absolute Gasteiger partial charge is 0.493 e. The van der Waals surface area contributed by atoms with Crippen LogP contribution in [0.4, 0.5) is 0 Å². The van der Waals surface area contributed by atoms with E-state index in [2.05, 4.69) is 0 Å². The number of nitrogens with two attached hydrogens (primary N) is 1. The molecular formula is C17H28Cl2N2O3. The Morgan fingerprint density at radius 2 is 2.00 bits per heavy atom. The van der Waals surface area contributed by atoms with Gasteiger partial charge in [0.1, 0.15) is 0 Å². The molecule has 0 radical (unpaired) electrons. The number of rotatable bonds is 8. The quantitative estimate of drug-likeness (QED) is 0.749. The summed E-state index contributed by atoms with van der Waals surface area (Å²) in [4.78, 5) is 14.3. The second-order valence-corrected chi connectivity index (χ2v) is 6.77. The van der Waals surface area contributed by atoms with E-state index < -0.39 is 0 Å². The van der Waals surface area contributed by atoms with E-state index in [9.17, 15) is 4.79 Å². The van der Waals surface area contributed by atoms with Gasteiger partial charge >= 0.3 is 0 Å². The topological polar surface area (TPSA) is 64.8 Å². The minimum absolute atomic E-state index is 0. The first kappa shape index (κ1) is 22.8. The Kier molecular flexibility index (Phi) is 9.48. The van der Waals surface area contributed by atoms with Crippen LogP contribution in [0.1, 0.15) is 37.6 Å². The molecule has 1 aromatic carbocycles. The molecular weight excluding hydrogens is 351 g/mol. The molecule has 5 nitrogen and oxygen atoms in total. The van der Waals surface area contributed by atoms with Gasteiger partial charge in [0.15, 0.2) is 11.5 Å². The molecule has 0 heterocycles. The number of ether oxygens (including phenoxy) is 2. The summed E-state index contributed by atoms with van der Waals surface area (Å²) in [5, 5.41) is 0.368. The molecule has 0 aromatic heterocycles. The molecule has 7 heteroatoms. The SMILES string of the molecule is CCCOc1c(Cl)cc(C(=O)N(C)CC(C)(C)CN)cc1OC.Cl. The Bertz CT molecular complexity index is 551. The Morgan fingerprint density at radius 3 is 2.50 bits per heavy atom. The van der Waals surface area contributed by atoms with Gasteiger partial charge in [0, 0.05) is 19.2 Å². The maximum absolute atomic E-state index is 12.6. The van der Waals surface area contributed by atoms with Crippen molar-refractivity contribution in [3.63, 3.8) is 0 Å². The van der Waals surface area contributed by atoms with Gasteiger partial charge in [-0.25, -0.2) is 0 Å². The third kappa shape index (κ3) is 6.04. The summed E-state index contributed by atoms with van der Waals surface area (Å²) < 4.78 is 10.9. The van der Waals surface area contributed by atoms with Gasteiger partial charge in [-0.2, -0.15) is 0 Å². The fourth-order valence-electron chi connectivity index (χ4n) is 2.19. The van der Waals surface area contributed by atoms with E-state index >= 15 is 0 Å². The summed E-state index contributed by atoms with van der Waals surface area (Å²) in [6.07, 6.45) is 0.858. The Labute approximate surface area is 155 Å². The molecule has 0 aliphatic rings. The molecule has 0 spiro atoms. The summed E-state index contributed by atoms with van der Waals surface area (Å²) in [7, 11) is 3.28. The van der Waals surface area contributed by atoms with Crippen molar-refractivity contribution in [1.29, 1.82) is 0 Å². The van der Waals surface area contributed by atoms with Crippen LogP contribution in [0.5, 0.6) is 11.5 Å². The average Bonchev–Trinajstić information content (AvgIpc) is 2.51. The van der Waals surface area contributed by atoms with E-state index in [4.69, 9.17) is 26.8 Å². The standard InChI is InChI=1S/C17H27ClN2O3.ClH/c1-6-7-23-15-13(18)8-12(9-14(15)22-5)16(21)20(4)11-17(2,3)10-19;/h8-9H,6-7,10-11,19H2,1-5H3;1H. The first-order chi connectivity index (χ1) is 10.8. The van der Waals surface area contributed by atoms with E-state index in [1.165, 1.54) is 7.11 Å². The van der Waals surface area contributed by atoms with Crippen molar-refractivity contribution in [1.82, 2.24) is 4.90 Å². The van der Waals surface area contributed by atoms with Gasteiger partial charge in [-0.05, 0) is 30.5 Å². The molecule has 1 aromatic rings. The van der Waals surface area contributed by atoms with Crippen molar-refractivity contribution >= 4 is 29.9 Å². The normalized spacial score (nSPS) is 10.8. The predicted molar refractivity (Wildman–Crippen MR) is 101 cm³/mol. The predicted octanol–water partition coefficient (Wildman–Crippen LogP) is 3.62. The van der Waals surface area contributed by atoms with Gasteiger partial charge in [0.05, 0.1) is 18.7 Å². The molecule has 1 rings (SSSR count). The van der Waals surface area contributed by atoms with Crippen molar-refractivity contribution < 1.29 is 14.3 Å². The lowest BCUT2D eigenvalue weighted by atomic mass is 9.93. The summed E-state index contributed by atoms with van der Waals surface area (Å²) in [5.41, 5.74) is 6.05. The van der Waals surface area contributed by atoms with Gasteiger partial charge in [-0.1, -0.05) is 32.4 Å². The second kappa shape index (κ2) is 9.97. The van der Waals surface area contributed by atoms with Gasteiger partial charge in [0.25, 0.3) is 5.91 Å². The van der Waals surface area contributed by atoms with Crippen LogP contribution < -0.4 is 15.2 Å². The van der Waals surface area contributed by atoms with E-state index in [0.717, 1.165) is 6.42 Å². The van der Waals surface area contributed by atoms with Crippen molar-refractivity contribution in [2.45, 2.75) is 27.2 Å². The molecule has 0 aliphatic heterocycles. The summed E-state index contributed by atoms with van der Waals surface area (Å²) in [6, 6.07) is 3.27. The number of carbonyl (C=O) groups excluding carboxylic acids is 1. The fourth-order valence-corrected chi connectivity index (χ4v) is 2.45. The molecule has 0 saturated carbocycles. The van der Waals surface area contributed by atoms with Gasteiger partial charge in [-0.3, -0.25) is 4.79 Å². The summed E-state index contributed by atoms with van der Waals surface area (Å²) in [5.74, 6) is 0.798. The van der Waals surface area contributed by atoms with Crippen LogP contribution in [0.2, 0.25) is 5.02 Å². The number of methoxy groups -OCH3 is 1. The number of hydrogen-bond acceptors (Lipinski definition) is 4. The zero-order valence-electron chi connectivity index (χ0n) is 15.0. The fraction of sp³-hybridized carbons (Fsp3) is 0.588. The molecule has 1 amide bonds. The molecule has 0 aliphatic carbocycles. The molecule has 0 fully saturated rings. The molecule has 2 N–H and O–H groups in total. The monoisotopic (exact) mass is 378 g/mol. The number of nitrogens with zero attached hydrogens (tertiary/aromatic N) is 1. The van der Waals surface area contributed by atoms with Gasteiger partial charge < -0.3 is 20.1 Å². The van der Waals surface area contributed by atoms with Gasteiger partial charge in [0.2, 0.25) is 0 Å². The van der Waals surface area contributed by atoms with Crippen molar-refractivity contribution in [2.75, 3.05) is 33.9 Å². The molecule has 0 bridgehead atoms. The first-order valence-electron chi connectivity index (χ1n) is 7.71. The molecule has 24 heavy (non-hydrogen) atoms. The molecule has 0 saturated heterocycles. The second-order valence-electron chi connectivity index (χ2n) is 6.37. The highest BCUT2D eigenvalue weighted by Gasteiger charge is 2.23. The minimum atomic E-state index is -0.150. The first-order valence-corrected chi connectivity index (χ1v) is 8.09.